The quantitative estimate of drug-likeness (QED) is 0.707. The highest BCUT2D eigenvalue weighted by Crippen LogP contribution is 2.16. The van der Waals surface area contributed by atoms with Crippen LogP contribution in [-0.2, 0) is 16.1 Å². The molecule has 0 aromatic heterocycles. The van der Waals surface area contributed by atoms with Crippen molar-refractivity contribution < 1.29 is 19.5 Å². The lowest BCUT2D eigenvalue weighted by molar-refractivity contribution is -0.143. The van der Waals surface area contributed by atoms with E-state index in [4.69, 9.17) is 5.11 Å². The summed E-state index contributed by atoms with van der Waals surface area (Å²) in [6, 6.07) is 8.90. The van der Waals surface area contributed by atoms with E-state index in [9.17, 15) is 14.4 Å². The van der Waals surface area contributed by atoms with Gasteiger partial charge >= 0.3 is 12.0 Å². The molecule has 25 heavy (non-hydrogen) atoms. The van der Waals surface area contributed by atoms with Gasteiger partial charge in [0, 0.05) is 26.1 Å². The van der Waals surface area contributed by atoms with Crippen molar-refractivity contribution in [3.05, 3.63) is 35.9 Å². The maximum absolute atomic E-state index is 11.8. The minimum absolute atomic E-state index is 0. The van der Waals surface area contributed by atoms with E-state index in [0.29, 0.717) is 26.1 Å². The maximum Gasteiger partial charge on any atom is 0.321 e. The molecule has 1 aromatic carbocycles. The van der Waals surface area contributed by atoms with Crippen molar-refractivity contribution in [3.63, 3.8) is 0 Å². The summed E-state index contributed by atoms with van der Waals surface area (Å²) in [4.78, 5) is 36.5. The predicted octanol–water partition coefficient (Wildman–Crippen LogP) is 1.62. The van der Waals surface area contributed by atoms with Gasteiger partial charge in [-0.05, 0) is 24.9 Å². The average molecular weight is 370 g/mol. The number of aliphatic carboxylic acids is 1. The number of carboxylic acids is 1. The highest BCUT2D eigenvalue weighted by Gasteiger charge is 2.25. The maximum atomic E-state index is 11.8. The van der Waals surface area contributed by atoms with Crippen LogP contribution in [0.15, 0.2) is 30.3 Å². The lowest BCUT2D eigenvalue weighted by atomic mass is 9.98. The number of nitrogens with zero attached hydrogens (tertiary/aromatic N) is 1. The van der Waals surface area contributed by atoms with Crippen LogP contribution < -0.4 is 10.6 Å². The molecular formula is C17H24ClN3O4. The van der Waals surface area contributed by atoms with Crippen LogP contribution in [0.1, 0.15) is 24.8 Å². The number of amides is 3. The van der Waals surface area contributed by atoms with Gasteiger partial charge in [0.1, 0.15) is 0 Å². The normalized spacial score (nSPS) is 17.2. The standard InChI is InChI=1S/C17H23N3O4.ClH/c21-15(8-10-20-9-4-7-14(12-20)16(22)23)19-17(24)18-11-13-5-2-1-3-6-13;/h1-3,5-6,14H,4,7-12H2,(H,22,23)(H2,18,19,21,24);1H. The number of rotatable bonds is 6. The number of hydrogen-bond donors (Lipinski definition) is 3. The molecular weight excluding hydrogens is 346 g/mol. The molecule has 1 aliphatic heterocycles. The molecule has 1 atom stereocenters. The van der Waals surface area contributed by atoms with Crippen LogP contribution in [0.3, 0.4) is 0 Å². The van der Waals surface area contributed by atoms with Gasteiger partial charge < -0.3 is 15.3 Å². The molecule has 1 heterocycles. The van der Waals surface area contributed by atoms with E-state index in [1.807, 2.05) is 35.2 Å². The number of nitrogens with one attached hydrogen (secondary N) is 2. The number of carbonyl (C=O) groups is 3. The number of benzene rings is 1. The van der Waals surface area contributed by atoms with E-state index < -0.39 is 12.0 Å². The van der Waals surface area contributed by atoms with Crippen LogP contribution >= 0.6 is 12.4 Å². The number of carbonyl (C=O) groups excluding carboxylic acids is 2. The SMILES string of the molecule is Cl.O=C(CCN1CCCC(C(=O)O)C1)NC(=O)NCc1ccccc1. The van der Waals surface area contributed by atoms with E-state index in [2.05, 4.69) is 10.6 Å². The lowest BCUT2D eigenvalue weighted by Crippen LogP contribution is -2.43. The molecule has 0 aliphatic carbocycles. The Labute approximate surface area is 153 Å². The van der Waals surface area contributed by atoms with E-state index in [-0.39, 0.29) is 30.7 Å². The Hall–Kier alpha value is -2.12. The molecule has 3 N–H and O–H groups in total. The largest absolute Gasteiger partial charge is 0.481 e. The summed E-state index contributed by atoms with van der Waals surface area (Å²) >= 11 is 0. The molecule has 0 bridgehead atoms. The van der Waals surface area contributed by atoms with Gasteiger partial charge in [-0.15, -0.1) is 12.4 Å². The first kappa shape index (κ1) is 20.9. The summed E-state index contributed by atoms with van der Waals surface area (Å²) in [5.74, 6) is -1.52. The van der Waals surface area contributed by atoms with Gasteiger partial charge in [0.25, 0.3) is 0 Å². The van der Waals surface area contributed by atoms with Crippen LogP contribution in [0.2, 0.25) is 0 Å². The lowest BCUT2D eigenvalue weighted by Gasteiger charge is -2.30. The molecule has 3 amide bonds. The first-order valence-electron chi connectivity index (χ1n) is 8.11. The Kier molecular flexibility index (Phi) is 8.94. The Bertz CT molecular complexity index is 583. The zero-order chi connectivity index (χ0) is 17.4. The van der Waals surface area contributed by atoms with Crippen LogP contribution in [0.25, 0.3) is 0 Å². The fourth-order valence-corrected chi connectivity index (χ4v) is 2.73. The zero-order valence-electron chi connectivity index (χ0n) is 13.9. The summed E-state index contributed by atoms with van der Waals surface area (Å²) in [5.41, 5.74) is 0.952. The van der Waals surface area contributed by atoms with Gasteiger partial charge in [-0.25, -0.2) is 4.79 Å². The number of carboxylic acid groups (broad SMARTS) is 1. The minimum atomic E-state index is -0.788. The third-order valence-electron chi connectivity index (χ3n) is 4.06. The van der Waals surface area contributed by atoms with Crippen LogP contribution in [0.4, 0.5) is 4.79 Å². The summed E-state index contributed by atoms with van der Waals surface area (Å²) < 4.78 is 0. The Balaban J connectivity index is 0.00000312. The van der Waals surface area contributed by atoms with Crippen molar-refractivity contribution in [2.45, 2.75) is 25.8 Å². The van der Waals surface area contributed by atoms with Crippen molar-refractivity contribution in [1.82, 2.24) is 15.5 Å². The zero-order valence-corrected chi connectivity index (χ0v) is 14.8. The van der Waals surface area contributed by atoms with Crippen LogP contribution in [0.5, 0.6) is 0 Å². The first-order chi connectivity index (χ1) is 11.5. The molecule has 1 saturated heterocycles. The summed E-state index contributed by atoms with van der Waals surface area (Å²) in [7, 11) is 0. The van der Waals surface area contributed by atoms with Crippen molar-refractivity contribution >= 4 is 30.3 Å². The predicted molar refractivity (Wildman–Crippen MR) is 95.5 cm³/mol. The van der Waals surface area contributed by atoms with E-state index in [1.54, 1.807) is 0 Å². The third kappa shape index (κ3) is 7.53. The molecule has 7 nitrogen and oxygen atoms in total. The van der Waals surface area contributed by atoms with Gasteiger partial charge in [0.05, 0.1) is 5.92 Å². The van der Waals surface area contributed by atoms with Crippen LogP contribution in [0, 0.1) is 5.92 Å². The molecule has 2 rings (SSSR count). The second-order valence-electron chi connectivity index (χ2n) is 5.94. The highest BCUT2D eigenvalue weighted by molar-refractivity contribution is 5.94. The van der Waals surface area contributed by atoms with Gasteiger partial charge in [0.2, 0.25) is 5.91 Å². The van der Waals surface area contributed by atoms with Crippen molar-refractivity contribution in [2.24, 2.45) is 5.92 Å². The Morgan fingerprint density at radius 2 is 1.92 bits per heavy atom. The van der Waals surface area contributed by atoms with Gasteiger partial charge in [-0.1, -0.05) is 30.3 Å². The smallest absolute Gasteiger partial charge is 0.321 e. The highest BCUT2D eigenvalue weighted by atomic mass is 35.5. The Morgan fingerprint density at radius 1 is 1.20 bits per heavy atom. The molecule has 138 valence electrons. The topological polar surface area (TPSA) is 98.7 Å². The second-order valence-corrected chi connectivity index (χ2v) is 5.94. The molecule has 1 unspecified atom stereocenters. The molecule has 1 aromatic rings. The van der Waals surface area contributed by atoms with Gasteiger partial charge in [-0.3, -0.25) is 14.9 Å². The number of halogens is 1. The minimum Gasteiger partial charge on any atom is -0.481 e. The first-order valence-corrected chi connectivity index (χ1v) is 8.11. The average Bonchev–Trinajstić information content (AvgIpc) is 2.59. The molecule has 0 spiro atoms. The fraction of sp³-hybridized carbons (Fsp3) is 0.471. The third-order valence-corrected chi connectivity index (χ3v) is 4.06. The van der Waals surface area contributed by atoms with Crippen molar-refractivity contribution in [1.29, 1.82) is 0 Å². The number of likely N-dealkylation sites (tertiary alicyclic amines) is 1. The molecule has 8 heteroatoms. The van der Waals surface area contributed by atoms with E-state index in [0.717, 1.165) is 18.5 Å². The number of piperidine rings is 1. The molecule has 0 saturated carbocycles. The second kappa shape index (κ2) is 10.7. The molecule has 0 radical (unpaired) electrons. The number of imide groups is 1. The van der Waals surface area contributed by atoms with E-state index in [1.165, 1.54) is 0 Å². The van der Waals surface area contributed by atoms with Gasteiger partial charge in [-0.2, -0.15) is 0 Å². The summed E-state index contributed by atoms with van der Waals surface area (Å²) in [6.45, 7) is 2.06. The van der Waals surface area contributed by atoms with E-state index >= 15 is 0 Å². The van der Waals surface area contributed by atoms with Crippen molar-refractivity contribution in [3.8, 4) is 0 Å². The number of urea groups is 1. The molecule has 1 fully saturated rings. The molecule has 1 aliphatic rings. The summed E-state index contributed by atoms with van der Waals surface area (Å²) in [6.07, 6.45) is 1.67. The van der Waals surface area contributed by atoms with Gasteiger partial charge in [0.15, 0.2) is 0 Å². The van der Waals surface area contributed by atoms with Crippen molar-refractivity contribution in [2.75, 3.05) is 19.6 Å². The fourth-order valence-electron chi connectivity index (χ4n) is 2.73. The number of hydrogen-bond acceptors (Lipinski definition) is 4. The Morgan fingerprint density at radius 3 is 2.60 bits per heavy atom. The van der Waals surface area contributed by atoms with Crippen LogP contribution in [-0.4, -0.2) is 47.5 Å². The monoisotopic (exact) mass is 369 g/mol. The summed E-state index contributed by atoms with van der Waals surface area (Å²) in [5, 5.41) is 14.0.